The minimum atomic E-state index is -4.77. The lowest BCUT2D eigenvalue weighted by Gasteiger charge is -2.32. The highest BCUT2D eigenvalue weighted by molar-refractivity contribution is 7.89. The Morgan fingerprint density at radius 2 is 1.72 bits per heavy atom. The Labute approximate surface area is 186 Å². The molecule has 1 aliphatic heterocycles. The van der Waals surface area contributed by atoms with Gasteiger partial charge in [-0.25, -0.2) is 8.42 Å². The summed E-state index contributed by atoms with van der Waals surface area (Å²) in [6, 6.07) is 9.99. The summed E-state index contributed by atoms with van der Waals surface area (Å²) in [5.41, 5.74) is 1.99. The summed E-state index contributed by atoms with van der Waals surface area (Å²) in [5.74, 6) is -0.571. The first-order valence-corrected chi connectivity index (χ1v) is 11.9. The van der Waals surface area contributed by atoms with Gasteiger partial charge >= 0.3 is 6.18 Å². The molecule has 32 heavy (non-hydrogen) atoms. The summed E-state index contributed by atoms with van der Waals surface area (Å²) in [5, 5.41) is 2.99. The van der Waals surface area contributed by atoms with Crippen molar-refractivity contribution in [2.45, 2.75) is 50.7 Å². The zero-order chi connectivity index (χ0) is 23.7. The van der Waals surface area contributed by atoms with Gasteiger partial charge in [0.25, 0.3) is 0 Å². The third kappa shape index (κ3) is 5.15. The molecule has 1 amide bonds. The van der Waals surface area contributed by atoms with Crippen molar-refractivity contribution < 1.29 is 26.4 Å². The predicted octanol–water partition coefficient (Wildman–Crippen LogP) is 4.60. The van der Waals surface area contributed by atoms with E-state index in [2.05, 4.69) is 5.32 Å². The molecule has 3 rings (SSSR count). The summed E-state index contributed by atoms with van der Waals surface area (Å²) in [4.78, 5) is 12.0. The van der Waals surface area contributed by atoms with Gasteiger partial charge in [0.05, 0.1) is 16.5 Å². The molecule has 2 aromatic rings. The van der Waals surface area contributed by atoms with Gasteiger partial charge in [-0.2, -0.15) is 17.5 Å². The van der Waals surface area contributed by atoms with Gasteiger partial charge in [0.1, 0.15) is 0 Å². The van der Waals surface area contributed by atoms with E-state index in [4.69, 9.17) is 0 Å². The van der Waals surface area contributed by atoms with Gasteiger partial charge in [-0.1, -0.05) is 35.9 Å². The molecule has 0 radical (unpaired) electrons. The average molecular weight is 469 g/mol. The molecule has 0 saturated carbocycles. The molecule has 1 fully saturated rings. The van der Waals surface area contributed by atoms with Gasteiger partial charge in [0.2, 0.25) is 15.9 Å². The average Bonchev–Trinajstić information content (AvgIpc) is 2.74. The van der Waals surface area contributed by atoms with Crippen LogP contribution < -0.4 is 5.32 Å². The summed E-state index contributed by atoms with van der Waals surface area (Å²) in [6.07, 6.45) is -4.27. The smallest absolute Gasteiger partial charge is 0.349 e. The van der Waals surface area contributed by atoms with Crippen molar-refractivity contribution in [3.63, 3.8) is 0 Å². The number of amides is 1. The molecular formula is C23H27F3N2O3S. The number of nitrogens with one attached hydrogen (secondary N) is 1. The van der Waals surface area contributed by atoms with Crippen LogP contribution >= 0.6 is 0 Å². The van der Waals surface area contributed by atoms with Crippen LogP contribution in [0.5, 0.6) is 0 Å². The molecule has 5 nitrogen and oxygen atoms in total. The van der Waals surface area contributed by atoms with E-state index in [0.717, 1.165) is 39.2 Å². The van der Waals surface area contributed by atoms with Crippen molar-refractivity contribution in [3.8, 4) is 0 Å². The van der Waals surface area contributed by atoms with Gasteiger partial charge in [0, 0.05) is 19.0 Å². The van der Waals surface area contributed by atoms with E-state index in [1.54, 1.807) is 0 Å². The summed E-state index contributed by atoms with van der Waals surface area (Å²) in [6.45, 7) is 5.83. The van der Waals surface area contributed by atoms with E-state index < -0.39 is 32.6 Å². The van der Waals surface area contributed by atoms with Crippen LogP contribution in [-0.2, 0) is 21.0 Å². The molecule has 0 bridgehead atoms. The van der Waals surface area contributed by atoms with Crippen molar-refractivity contribution in [1.82, 2.24) is 9.62 Å². The van der Waals surface area contributed by atoms with E-state index in [1.807, 2.05) is 39.0 Å². The quantitative estimate of drug-likeness (QED) is 0.698. The van der Waals surface area contributed by atoms with Gasteiger partial charge in [0.15, 0.2) is 0 Å². The molecule has 174 valence electrons. The molecule has 1 N–H and O–H groups in total. The Morgan fingerprint density at radius 3 is 2.34 bits per heavy atom. The van der Waals surface area contributed by atoms with Crippen molar-refractivity contribution in [2.75, 3.05) is 13.1 Å². The minimum Gasteiger partial charge on any atom is -0.349 e. The number of hydrogen-bond acceptors (Lipinski definition) is 3. The second-order valence-corrected chi connectivity index (χ2v) is 10.2. The number of hydrogen-bond donors (Lipinski definition) is 1. The molecule has 1 aliphatic rings. The van der Waals surface area contributed by atoms with E-state index in [-0.39, 0.29) is 37.9 Å². The van der Waals surface area contributed by atoms with Gasteiger partial charge < -0.3 is 5.32 Å². The second kappa shape index (κ2) is 9.23. The first-order valence-electron chi connectivity index (χ1n) is 10.4. The fraction of sp³-hybridized carbons (Fsp3) is 0.435. The van der Waals surface area contributed by atoms with Gasteiger partial charge in [-0.05, 0) is 56.9 Å². The van der Waals surface area contributed by atoms with Gasteiger partial charge in [-0.15, -0.1) is 0 Å². The highest BCUT2D eigenvalue weighted by atomic mass is 32.2. The van der Waals surface area contributed by atoms with Crippen molar-refractivity contribution in [3.05, 3.63) is 64.7 Å². The summed E-state index contributed by atoms with van der Waals surface area (Å²) < 4.78 is 66.7. The number of nitrogens with zero attached hydrogens (tertiary/aromatic N) is 1. The summed E-state index contributed by atoms with van der Waals surface area (Å²) in [7, 11) is -4.32. The lowest BCUT2D eigenvalue weighted by atomic mass is 9.95. The third-order valence-electron chi connectivity index (χ3n) is 5.90. The fourth-order valence-electron chi connectivity index (χ4n) is 4.06. The number of halogens is 3. The maximum atomic E-state index is 13.3. The number of piperidine rings is 1. The van der Waals surface area contributed by atoms with Gasteiger partial charge in [-0.3, -0.25) is 4.79 Å². The van der Waals surface area contributed by atoms with E-state index in [0.29, 0.717) is 0 Å². The van der Waals surface area contributed by atoms with Crippen LogP contribution in [0.2, 0.25) is 0 Å². The third-order valence-corrected chi connectivity index (χ3v) is 7.85. The van der Waals surface area contributed by atoms with Crippen molar-refractivity contribution in [2.24, 2.45) is 5.92 Å². The molecule has 1 unspecified atom stereocenters. The molecule has 2 aromatic carbocycles. The molecule has 0 aliphatic carbocycles. The molecule has 0 aromatic heterocycles. The van der Waals surface area contributed by atoms with Crippen LogP contribution in [0.25, 0.3) is 0 Å². The molecular weight excluding hydrogens is 441 g/mol. The zero-order valence-corrected chi connectivity index (χ0v) is 19.1. The number of alkyl halides is 3. The van der Waals surface area contributed by atoms with Crippen LogP contribution in [0, 0.1) is 19.8 Å². The number of benzene rings is 2. The standard InChI is InChI=1S/C23H27F3N2O3S/c1-15-8-9-16(2)19(14-15)17(3)27-22(29)18-10-12-28(13-11-18)32(30,31)21-7-5-4-6-20(21)23(24,25)26/h4-9,14,17-18H,10-13H2,1-3H3,(H,27,29). The normalized spacial score (nSPS) is 17.2. The van der Waals surface area contributed by atoms with Crippen LogP contribution in [0.15, 0.2) is 47.4 Å². The molecule has 1 saturated heterocycles. The summed E-state index contributed by atoms with van der Waals surface area (Å²) >= 11 is 0. The molecule has 1 heterocycles. The van der Waals surface area contributed by atoms with Crippen molar-refractivity contribution >= 4 is 15.9 Å². The molecule has 0 spiro atoms. The molecule has 9 heteroatoms. The first-order chi connectivity index (χ1) is 14.9. The minimum absolute atomic E-state index is 0.00946. The fourth-order valence-corrected chi connectivity index (χ4v) is 5.74. The van der Waals surface area contributed by atoms with Crippen LogP contribution in [0.1, 0.15) is 48.1 Å². The first kappa shape index (κ1) is 24.3. The maximum Gasteiger partial charge on any atom is 0.417 e. The molecule has 1 atom stereocenters. The van der Waals surface area contributed by atoms with E-state index in [1.165, 1.54) is 6.07 Å². The van der Waals surface area contributed by atoms with Crippen LogP contribution in [-0.4, -0.2) is 31.7 Å². The van der Waals surface area contributed by atoms with Crippen LogP contribution in [0.3, 0.4) is 0 Å². The predicted molar refractivity (Wildman–Crippen MR) is 115 cm³/mol. The Hall–Kier alpha value is -2.39. The van der Waals surface area contributed by atoms with E-state index in [9.17, 15) is 26.4 Å². The zero-order valence-electron chi connectivity index (χ0n) is 18.2. The SMILES string of the molecule is Cc1ccc(C)c(C(C)NC(=O)C2CCN(S(=O)(=O)c3ccccc3C(F)(F)F)CC2)c1. The lowest BCUT2D eigenvalue weighted by molar-refractivity contribution is -0.139. The lowest BCUT2D eigenvalue weighted by Crippen LogP contribution is -2.43. The second-order valence-electron chi connectivity index (χ2n) is 8.26. The number of aryl methyl sites for hydroxylation is 2. The highest BCUT2D eigenvalue weighted by Gasteiger charge is 2.40. The number of carbonyl (C=O) groups excluding carboxylic acids is 1. The Kier molecular flexibility index (Phi) is 7.00. The Bertz CT molecular complexity index is 1090. The van der Waals surface area contributed by atoms with Crippen LogP contribution in [0.4, 0.5) is 13.2 Å². The maximum absolute atomic E-state index is 13.3. The number of sulfonamides is 1. The largest absolute Gasteiger partial charge is 0.417 e. The number of rotatable bonds is 5. The van der Waals surface area contributed by atoms with E-state index >= 15 is 0 Å². The highest BCUT2D eigenvalue weighted by Crippen LogP contribution is 2.36. The number of carbonyl (C=O) groups is 1. The van der Waals surface area contributed by atoms with Crippen molar-refractivity contribution in [1.29, 1.82) is 0 Å². The monoisotopic (exact) mass is 468 g/mol. The Morgan fingerprint density at radius 1 is 1.09 bits per heavy atom. The Balaban J connectivity index is 1.67. The topological polar surface area (TPSA) is 66.5 Å².